The van der Waals surface area contributed by atoms with Crippen LogP contribution < -0.4 is 5.32 Å². The molecule has 0 heterocycles. The topological polar surface area (TPSA) is 24.4 Å². The second-order valence-corrected chi connectivity index (χ2v) is 3.01. The molecule has 0 aliphatic rings. The van der Waals surface area contributed by atoms with E-state index in [1.807, 2.05) is 25.5 Å². The van der Waals surface area contributed by atoms with Gasteiger partial charge >= 0.3 is 0 Å². The van der Waals surface area contributed by atoms with Gasteiger partial charge in [0, 0.05) is 19.8 Å². The Kier molecular flexibility index (Phi) is 7.76. The van der Waals surface area contributed by atoms with Crippen molar-refractivity contribution in [3.05, 3.63) is 12.3 Å². The Morgan fingerprint density at radius 1 is 1.50 bits per heavy atom. The van der Waals surface area contributed by atoms with E-state index in [1.165, 1.54) is 12.8 Å². The molecule has 0 rings (SSSR count). The van der Waals surface area contributed by atoms with Crippen molar-refractivity contribution in [3.8, 4) is 0 Å². The Hall–Kier alpha value is -0.790. The molecule has 70 valence electrons. The summed E-state index contributed by atoms with van der Waals surface area (Å²) in [6.07, 6.45) is 8.07. The minimum absolute atomic E-state index is 0.801. The van der Waals surface area contributed by atoms with E-state index >= 15 is 0 Å². The molecule has 0 aliphatic carbocycles. The molecule has 2 nitrogen and oxygen atoms in total. The van der Waals surface area contributed by atoms with Crippen LogP contribution in [0.15, 0.2) is 17.3 Å². The smallest absolute Gasteiger partial charge is 0.0391 e. The Labute approximate surface area is 75.8 Å². The molecule has 0 spiro atoms. The molecule has 0 bridgehead atoms. The summed E-state index contributed by atoms with van der Waals surface area (Å²) >= 11 is 0. The van der Waals surface area contributed by atoms with Crippen molar-refractivity contribution >= 4 is 6.21 Å². The van der Waals surface area contributed by atoms with E-state index in [0.29, 0.717) is 0 Å². The van der Waals surface area contributed by atoms with Crippen LogP contribution in [0.4, 0.5) is 0 Å². The average Bonchev–Trinajstić information content (AvgIpc) is 2.10. The highest BCUT2D eigenvalue weighted by atomic mass is 14.8. The van der Waals surface area contributed by atoms with Gasteiger partial charge in [0.25, 0.3) is 0 Å². The maximum Gasteiger partial charge on any atom is 0.0391 e. The van der Waals surface area contributed by atoms with E-state index in [0.717, 1.165) is 12.5 Å². The molecule has 0 aromatic carbocycles. The van der Waals surface area contributed by atoms with Crippen molar-refractivity contribution < 1.29 is 0 Å². The molecule has 0 aliphatic heterocycles. The third-order valence-electron chi connectivity index (χ3n) is 1.90. The zero-order valence-electron chi connectivity index (χ0n) is 8.38. The van der Waals surface area contributed by atoms with E-state index in [2.05, 4.69) is 24.2 Å². The highest BCUT2D eigenvalue weighted by molar-refractivity contribution is 5.70. The van der Waals surface area contributed by atoms with Crippen molar-refractivity contribution in [2.24, 2.45) is 10.9 Å². The normalized spacial score (nSPS) is 14.2. The molecule has 0 saturated heterocycles. The van der Waals surface area contributed by atoms with Gasteiger partial charge in [-0.25, -0.2) is 0 Å². The first kappa shape index (κ1) is 11.2. The molecule has 0 aromatic heterocycles. The highest BCUT2D eigenvalue weighted by Crippen LogP contribution is 2.05. The number of rotatable bonds is 6. The first-order valence-corrected chi connectivity index (χ1v) is 4.63. The Morgan fingerprint density at radius 2 is 2.25 bits per heavy atom. The maximum absolute atomic E-state index is 4.24. The fraction of sp³-hybridized carbons (Fsp3) is 0.700. The van der Waals surface area contributed by atoms with E-state index in [4.69, 9.17) is 0 Å². The molecule has 0 fully saturated rings. The maximum atomic E-state index is 4.24. The van der Waals surface area contributed by atoms with E-state index < -0.39 is 0 Å². The largest absolute Gasteiger partial charge is 0.394 e. The molecule has 0 amide bonds. The van der Waals surface area contributed by atoms with E-state index in [-0.39, 0.29) is 0 Å². The predicted octanol–water partition coefficient (Wildman–Crippen LogP) is 2.23. The van der Waals surface area contributed by atoms with E-state index in [1.54, 1.807) is 0 Å². The summed E-state index contributed by atoms with van der Waals surface area (Å²) in [5.41, 5.74) is 0. The quantitative estimate of drug-likeness (QED) is 0.604. The van der Waals surface area contributed by atoms with Gasteiger partial charge in [-0.05, 0) is 24.6 Å². The minimum atomic E-state index is 0.801. The third-order valence-corrected chi connectivity index (χ3v) is 1.90. The van der Waals surface area contributed by atoms with Crippen LogP contribution in [0, 0.1) is 5.92 Å². The van der Waals surface area contributed by atoms with Gasteiger partial charge in [0.1, 0.15) is 0 Å². The average molecular weight is 168 g/mol. The summed E-state index contributed by atoms with van der Waals surface area (Å²) in [7, 11) is 1.88. The first-order valence-electron chi connectivity index (χ1n) is 4.63. The summed E-state index contributed by atoms with van der Waals surface area (Å²) in [4.78, 5) is 4.24. The molecule has 2 heteroatoms. The lowest BCUT2D eigenvalue weighted by Crippen LogP contribution is -1.94. The van der Waals surface area contributed by atoms with Crippen LogP contribution in [0.2, 0.25) is 0 Å². The molecular formula is C10H20N2. The summed E-state index contributed by atoms with van der Waals surface area (Å²) < 4.78 is 0. The summed E-state index contributed by atoms with van der Waals surface area (Å²) in [5, 5.41) is 2.91. The number of hydrogen-bond donors (Lipinski definition) is 1. The fourth-order valence-electron chi connectivity index (χ4n) is 0.774. The van der Waals surface area contributed by atoms with Crippen molar-refractivity contribution in [2.45, 2.75) is 26.7 Å². The van der Waals surface area contributed by atoms with Gasteiger partial charge in [0.15, 0.2) is 0 Å². The van der Waals surface area contributed by atoms with Crippen LogP contribution in [-0.4, -0.2) is 19.8 Å². The Bertz CT molecular complexity index is 139. The lowest BCUT2D eigenvalue weighted by molar-refractivity contribution is 0.525. The minimum Gasteiger partial charge on any atom is -0.394 e. The number of allylic oxidation sites excluding steroid dienone is 1. The van der Waals surface area contributed by atoms with Crippen molar-refractivity contribution in [1.29, 1.82) is 0 Å². The molecule has 0 aromatic rings. The number of aliphatic imine (C=N–C) groups is 1. The number of nitrogens with one attached hydrogen (secondary N) is 1. The van der Waals surface area contributed by atoms with Gasteiger partial charge in [-0.2, -0.15) is 0 Å². The van der Waals surface area contributed by atoms with Gasteiger partial charge in [0.2, 0.25) is 0 Å². The summed E-state index contributed by atoms with van der Waals surface area (Å²) in [6.45, 7) is 5.43. The Morgan fingerprint density at radius 3 is 2.83 bits per heavy atom. The Balaban J connectivity index is 3.29. The SMILES string of the molecule is CCC(C)CC/N=C\C=C/NC. The lowest BCUT2D eigenvalue weighted by atomic mass is 10.1. The lowest BCUT2D eigenvalue weighted by Gasteiger charge is -2.03. The monoisotopic (exact) mass is 168 g/mol. The van der Waals surface area contributed by atoms with Crippen LogP contribution in [0.1, 0.15) is 26.7 Å². The molecule has 1 N–H and O–H groups in total. The van der Waals surface area contributed by atoms with Crippen LogP contribution in [0.25, 0.3) is 0 Å². The molecule has 1 atom stereocenters. The second-order valence-electron chi connectivity index (χ2n) is 3.01. The van der Waals surface area contributed by atoms with Crippen LogP contribution >= 0.6 is 0 Å². The van der Waals surface area contributed by atoms with Crippen LogP contribution in [-0.2, 0) is 0 Å². The van der Waals surface area contributed by atoms with E-state index in [9.17, 15) is 0 Å². The second kappa shape index (κ2) is 8.31. The fourth-order valence-corrected chi connectivity index (χ4v) is 0.774. The molecule has 0 saturated carbocycles. The van der Waals surface area contributed by atoms with Gasteiger partial charge in [0.05, 0.1) is 0 Å². The van der Waals surface area contributed by atoms with Crippen molar-refractivity contribution in [2.75, 3.05) is 13.6 Å². The standard InChI is InChI=1S/C10H20N2/c1-4-10(2)6-9-12-8-5-7-11-3/h5,7-8,10-11H,4,6,9H2,1-3H3/b7-5-,12-8-. The van der Waals surface area contributed by atoms with Gasteiger partial charge in [-0.1, -0.05) is 20.3 Å². The van der Waals surface area contributed by atoms with Gasteiger partial charge in [-0.15, -0.1) is 0 Å². The summed E-state index contributed by atoms with van der Waals surface area (Å²) in [6, 6.07) is 0. The van der Waals surface area contributed by atoms with Crippen LogP contribution in [0.5, 0.6) is 0 Å². The zero-order chi connectivity index (χ0) is 9.23. The van der Waals surface area contributed by atoms with Gasteiger partial charge in [-0.3, -0.25) is 4.99 Å². The van der Waals surface area contributed by atoms with Gasteiger partial charge < -0.3 is 5.32 Å². The van der Waals surface area contributed by atoms with Crippen LogP contribution in [0.3, 0.4) is 0 Å². The molecule has 0 radical (unpaired) electrons. The first-order chi connectivity index (χ1) is 5.81. The summed E-state index contributed by atoms with van der Waals surface area (Å²) in [5.74, 6) is 0.801. The molecule has 1 unspecified atom stereocenters. The highest BCUT2D eigenvalue weighted by Gasteiger charge is 1.94. The molecular weight excluding hydrogens is 148 g/mol. The third kappa shape index (κ3) is 7.32. The van der Waals surface area contributed by atoms with Crippen molar-refractivity contribution in [3.63, 3.8) is 0 Å². The van der Waals surface area contributed by atoms with Crippen molar-refractivity contribution in [1.82, 2.24) is 5.32 Å². The number of hydrogen-bond acceptors (Lipinski definition) is 2. The molecule has 12 heavy (non-hydrogen) atoms. The zero-order valence-corrected chi connectivity index (χ0v) is 8.38. The predicted molar refractivity (Wildman–Crippen MR) is 55.6 cm³/mol. The number of nitrogens with zero attached hydrogens (tertiary/aromatic N) is 1.